The first kappa shape index (κ1) is 7.02. The molecular formula is C7H6IN2O-. The number of fused-ring (bicyclic) bond motifs is 1. The Hall–Kier alpha value is -0.650. The topological polar surface area (TPSA) is 38.9 Å². The van der Waals surface area contributed by atoms with E-state index in [4.69, 9.17) is 4.42 Å². The van der Waals surface area contributed by atoms with Crippen molar-refractivity contribution in [2.24, 2.45) is 0 Å². The zero-order chi connectivity index (χ0) is 7.68. The molecule has 0 saturated carbocycles. The van der Waals surface area contributed by atoms with Crippen LogP contribution in [0.15, 0.2) is 23.1 Å². The van der Waals surface area contributed by atoms with Crippen LogP contribution in [0.4, 0.5) is 0 Å². The molecule has 0 aliphatic rings. The summed E-state index contributed by atoms with van der Waals surface area (Å²) in [6.45, 7) is 0. The van der Waals surface area contributed by atoms with Crippen LogP contribution in [0.1, 0.15) is 0 Å². The molecule has 2 aromatic rings. The van der Waals surface area contributed by atoms with Gasteiger partial charge in [0.15, 0.2) is 0 Å². The van der Waals surface area contributed by atoms with Crippen molar-refractivity contribution in [3.05, 3.63) is 22.4 Å². The third-order valence-electron chi connectivity index (χ3n) is 1.39. The molecule has 0 spiro atoms. The molecule has 2 aromatic heterocycles. The van der Waals surface area contributed by atoms with E-state index in [1.165, 1.54) is 0 Å². The summed E-state index contributed by atoms with van der Waals surface area (Å²) in [7, 11) is 0. The van der Waals surface area contributed by atoms with Gasteiger partial charge in [-0.1, -0.05) is 0 Å². The van der Waals surface area contributed by atoms with E-state index >= 15 is 0 Å². The van der Waals surface area contributed by atoms with Gasteiger partial charge in [0, 0.05) is 0 Å². The maximum atomic E-state index is 5.13. The second-order valence-corrected chi connectivity index (χ2v) is 4.09. The Morgan fingerprint density at radius 2 is 2.36 bits per heavy atom. The number of nitrogens with zero attached hydrogens (tertiary/aromatic N) is 2. The molecule has 4 heteroatoms. The molecule has 0 unspecified atom stereocenters. The Morgan fingerprint density at radius 3 is 3.18 bits per heavy atom. The monoisotopic (exact) mass is 261 g/mol. The number of hydrogen-bond acceptors (Lipinski definition) is 3. The summed E-state index contributed by atoms with van der Waals surface area (Å²) < 4.78 is 6.28. The van der Waals surface area contributed by atoms with Gasteiger partial charge in [-0.2, -0.15) is 0 Å². The predicted molar refractivity (Wildman–Crippen MR) is 36.4 cm³/mol. The maximum absolute atomic E-state index is 5.13. The molecule has 3 nitrogen and oxygen atoms in total. The van der Waals surface area contributed by atoms with Crippen molar-refractivity contribution in [3.63, 3.8) is 0 Å². The van der Waals surface area contributed by atoms with Gasteiger partial charge < -0.3 is 0 Å². The van der Waals surface area contributed by atoms with Crippen molar-refractivity contribution in [3.8, 4) is 0 Å². The third kappa shape index (κ3) is 1.11. The molecule has 11 heavy (non-hydrogen) atoms. The van der Waals surface area contributed by atoms with Crippen LogP contribution in [-0.4, -0.2) is 14.9 Å². The zero-order valence-corrected chi connectivity index (χ0v) is 8.07. The molecule has 0 aliphatic heterocycles. The SMILES string of the molecule is C[I-]c1ncnc2occc12. The van der Waals surface area contributed by atoms with Gasteiger partial charge in [0.2, 0.25) is 0 Å². The molecule has 2 rings (SSSR count). The van der Waals surface area contributed by atoms with Crippen LogP contribution in [0.2, 0.25) is 0 Å². The predicted octanol–water partition coefficient (Wildman–Crippen LogP) is -1.89. The minimum absolute atomic E-state index is 0.0222. The standard InChI is InChI=1S/C7H6IN2O/c1-8-6-5-2-3-11-7(5)10-4-9-6/h2-4H,1H3/q-1. The third-order valence-corrected chi connectivity index (χ3v) is 3.27. The second kappa shape index (κ2) is 2.77. The summed E-state index contributed by atoms with van der Waals surface area (Å²) in [5.41, 5.74) is 0.705. The Morgan fingerprint density at radius 1 is 1.45 bits per heavy atom. The average Bonchev–Trinajstić information content (AvgIpc) is 2.50. The summed E-state index contributed by atoms with van der Waals surface area (Å²) in [6.07, 6.45) is 3.21. The van der Waals surface area contributed by atoms with Gasteiger partial charge in [-0.05, 0) is 0 Å². The van der Waals surface area contributed by atoms with E-state index in [-0.39, 0.29) is 21.2 Å². The molecule has 0 saturated heterocycles. The number of hydrogen-bond donors (Lipinski definition) is 0. The number of alkyl halides is 1. The Balaban J connectivity index is 2.79. The van der Waals surface area contributed by atoms with Crippen LogP contribution in [0, 0.1) is 3.70 Å². The fraction of sp³-hybridized carbons (Fsp3) is 0.143. The number of halogens is 1. The summed E-state index contributed by atoms with van der Waals surface area (Å²) in [5, 5.41) is 1.07. The van der Waals surface area contributed by atoms with Gasteiger partial charge in [0.05, 0.1) is 0 Å². The number of furan rings is 1. The summed E-state index contributed by atoms with van der Waals surface area (Å²) >= 11 is 0.0222. The van der Waals surface area contributed by atoms with Crippen molar-refractivity contribution in [2.75, 3.05) is 4.93 Å². The van der Waals surface area contributed by atoms with E-state index in [1.807, 2.05) is 6.07 Å². The molecule has 0 atom stereocenters. The van der Waals surface area contributed by atoms with Crippen molar-refractivity contribution >= 4 is 11.1 Å². The van der Waals surface area contributed by atoms with Crippen LogP contribution in [0.25, 0.3) is 11.1 Å². The van der Waals surface area contributed by atoms with E-state index in [9.17, 15) is 0 Å². The molecular weight excluding hydrogens is 255 g/mol. The Kier molecular flexibility index (Phi) is 1.77. The summed E-state index contributed by atoms with van der Waals surface area (Å²) in [5.74, 6) is 0. The van der Waals surface area contributed by atoms with Crippen molar-refractivity contribution < 1.29 is 25.6 Å². The number of aromatic nitrogens is 2. The zero-order valence-electron chi connectivity index (χ0n) is 5.91. The second-order valence-electron chi connectivity index (χ2n) is 1.99. The van der Waals surface area contributed by atoms with Gasteiger partial charge in [0.1, 0.15) is 0 Å². The van der Waals surface area contributed by atoms with Gasteiger partial charge in [-0.25, -0.2) is 0 Å². The molecule has 0 aromatic carbocycles. The van der Waals surface area contributed by atoms with Crippen LogP contribution >= 0.6 is 0 Å². The van der Waals surface area contributed by atoms with Gasteiger partial charge in [-0.15, -0.1) is 0 Å². The first-order valence-corrected chi connectivity index (χ1v) is 6.33. The summed E-state index contributed by atoms with van der Waals surface area (Å²) in [4.78, 5) is 10.3. The van der Waals surface area contributed by atoms with Crippen LogP contribution in [0.5, 0.6) is 0 Å². The van der Waals surface area contributed by atoms with E-state index in [0.29, 0.717) is 5.71 Å². The van der Waals surface area contributed by atoms with Crippen LogP contribution in [-0.2, 0) is 0 Å². The quantitative estimate of drug-likeness (QED) is 0.342. The van der Waals surface area contributed by atoms with E-state index in [0.717, 1.165) is 9.09 Å². The molecule has 0 bridgehead atoms. The van der Waals surface area contributed by atoms with Crippen LogP contribution < -0.4 is 21.2 Å². The average molecular weight is 261 g/mol. The van der Waals surface area contributed by atoms with Gasteiger partial charge >= 0.3 is 74.0 Å². The number of rotatable bonds is 1. The van der Waals surface area contributed by atoms with Crippen molar-refractivity contribution in [1.29, 1.82) is 0 Å². The molecule has 58 valence electrons. The van der Waals surface area contributed by atoms with Crippen molar-refractivity contribution in [1.82, 2.24) is 9.97 Å². The Bertz CT molecular complexity index is 371. The molecule has 0 N–H and O–H groups in total. The molecule has 0 aliphatic carbocycles. The van der Waals surface area contributed by atoms with Crippen LogP contribution in [0.3, 0.4) is 0 Å². The summed E-state index contributed by atoms with van der Waals surface area (Å²) in [6, 6.07) is 1.92. The normalized spacial score (nSPS) is 11.0. The molecule has 0 radical (unpaired) electrons. The van der Waals surface area contributed by atoms with Gasteiger partial charge in [0.25, 0.3) is 0 Å². The van der Waals surface area contributed by atoms with E-state index in [2.05, 4.69) is 14.9 Å². The Labute approximate surface area is 74.1 Å². The molecule has 0 fully saturated rings. The van der Waals surface area contributed by atoms with E-state index in [1.54, 1.807) is 12.6 Å². The minimum atomic E-state index is 0.0222. The van der Waals surface area contributed by atoms with Gasteiger partial charge in [-0.3, -0.25) is 0 Å². The fourth-order valence-electron chi connectivity index (χ4n) is 0.910. The molecule has 2 heterocycles. The molecule has 0 amide bonds. The van der Waals surface area contributed by atoms with E-state index < -0.39 is 0 Å². The fourth-order valence-corrected chi connectivity index (χ4v) is 2.31. The first-order chi connectivity index (χ1) is 5.42. The van der Waals surface area contributed by atoms with Crippen molar-refractivity contribution in [2.45, 2.75) is 0 Å². The first-order valence-electron chi connectivity index (χ1n) is 3.09.